The first-order valence-corrected chi connectivity index (χ1v) is 9.90. The Hall–Kier alpha value is -3.06. The number of carbonyl (C=O) groups is 1. The van der Waals surface area contributed by atoms with Gasteiger partial charge in [-0.1, -0.05) is 34.5 Å². The number of anilines is 1. The van der Waals surface area contributed by atoms with E-state index < -0.39 is 5.91 Å². The van der Waals surface area contributed by atoms with Crippen molar-refractivity contribution in [1.29, 1.82) is 0 Å². The highest BCUT2D eigenvalue weighted by molar-refractivity contribution is 6.42. The van der Waals surface area contributed by atoms with Crippen LogP contribution in [0.1, 0.15) is 21.7 Å². The van der Waals surface area contributed by atoms with Crippen LogP contribution in [0, 0.1) is 0 Å². The normalized spacial score (nSPS) is 14.9. The van der Waals surface area contributed by atoms with Crippen LogP contribution in [0.15, 0.2) is 27.9 Å². The maximum absolute atomic E-state index is 13.0. The summed E-state index contributed by atoms with van der Waals surface area (Å²) in [6.45, 7) is 3.00. The standard InChI is InChI=1S/C17H17Cl2N9O3/c18-11-2-1-10(7-12(11)19)8-21-23-17(29)14-13(9-27-3-5-30-6-4-27)22-26-28(14)16-15(20)24-31-25-16/h1-2,7-8H,3-6,9H2,(H2,20,24)(H,23,29)/b21-8+. The number of benzene rings is 1. The van der Waals surface area contributed by atoms with Crippen LogP contribution in [-0.4, -0.2) is 68.6 Å². The smallest absolute Gasteiger partial charge is 0.292 e. The lowest BCUT2D eigenvalue weighted by Crippen LogP contribution is -2.36. The maximum Gasteiger partial charge on any atom is 0.292 e. The van der Waals surface area contributed by atoms with Crippen LogP contribution >= 0.6 is 23.2 Å². The average Bonchev–Trinajstić information content (AvgIpc) is 3.37. The van der Waals surface area contributed by atoms with E-state index in [0.717, 1.165) is 0 Å². The second-order valence-corrected chi connectivity index (χ2v) is 7.35. The van der Waals surface area contributed by atoms with Crippen molar-refractivity contribution >= 4 is 41.1 Å². The van der Waals surface area contributed by atoms with Crippen LogP contribution in [0.3, 0.4) is 0 Å². The Morgan fingerprint density at radius 2 is 2.06 bits per heavy atom. The molecule has 1 aliphatic heterocycles. The quantitative estimate of drug-likeness (QED) is 0.403. The third-order valence-corrected chi connectivity index (χ3v) is 5.19. The monoisotopic (exact) mass is 465 g/mol. The van der Waals surface area contributed by atoms with Crippen LogP contribution in [0.2, 0.25) is 10.0 Å². The van der Waals surface area contributed by atoms with Crippen LogP contribution in [0.4, 0.5) is 5.82 Å². The fraction of sp³-hybridized carbons (Fsp3) is 0.294. The number of hydrogen-bond donors (Lipinski definition) is 2. The largest absolute Gasteiger partial charge is 0.379 e. The fourth-order valence-electron chi connectivity index (χ4n) is 2.92. The number of amides is 1. The summed E-state index contributed by atoms with van der Waals surface area (Å²) in [5.41, 5.74) is 9.41. The summed E-state index contributed by atoms with van der Waals surface area (Å²) in [7, 11) is 0. The Bertz CT molecular complexity index is 1110. The number of hydrazone groups is 1. The van der Waals surface area contributed by atoms with Crippen LogP contribution in [0.5, 0.6) is 0 Å². The average molecular weight is 466 g/mol. The first kappa shape index (κ1) is 21.2. The molecule has 0 spiro atoms. The number of halogens is 2. The highest BCUT2D eigenvalue weighted by atomic mass is 35.5. The Morgan fingerprint density at radius 3 is 2.77 bits per heavy atom. The van der Waals surface area contributed by atoms with Crippen LogP contribution in [0.25, 0.3) is 5.82 Å². The van der Waals surface area contributed by atoms with Gasteiger partial charge in [0.25, 0.3) is 5.91 Å². The minimum absolute atomic E-state index is 0.0313. The number of aromatic nitrogens is 5. The van der Waals surface area contributed by atoms with E-state index in [1.165, 1.54) is 10.9 Å². The molecule has 1 saturated heterocycles. The van der Waals surface area contributed by atoms with E-state index in [1.807, 2.05) is 0 Å². The van der Waals surface area contributed by atoms with Crippen molar-refractivity contribution in [1.82, 2.24) is 35.6 Å². The molecule has 0 atom stereocenters. The third kappa shape index (κ3) is 4.82. The molecule has 0 bridgehead atoms. The number of rotatable bonds is 6. The lowest BCUT2D eigenvalue weighted by molar-refractivity contribution is 0.0335. The third-order valence-electron chi connectivity index (χ3n) is 4.45. The van der Waals surface area contributed by atoms with Crippen molar-refractivity contribution in [2.45, 2.75) is 6.54 Å². The molecular weight excluding hydrogens is 449 g/mol. The molecule has 2 aromatic heterocycles. The van der Waals surface area contributed by atoms with Gasteiger partial charge in [-0.25, -0.2) is 10.1 Å². The first-order chi connectivity index (χ1) is 15.0. The van der Waals surface area contributed by atoms with Gasteiger partial charge in [-0.3, -0.25) is 9.69 Å². The summed E-state index contributed by atoms with van der Waals surface area (Å²) in [6.07, 6.45) is 1.43. The summed E-state index contributed by atoms with van der Waals surface area (Å²) in [5.74, 6) is -0.539. The molecule has 0 aliphatic carbocycles. The molecule has 1 amide bonds. The minimum Gasteiger partial charge on any atom is -0.379 e. The SMILES string of the molecule is Nc1nonc1-n1nnc(CN2CCOCC2)c1C(=O)N/N=C/c1ccc(Cl)c(Cl)c1. The predicted molar refractivity (Wildman–Crippen MR) is 111 cm³/mol. The van der Waals surface area contributed by atoms with Gasteiger partial charge in [0.1, 0.15) is 5.69 Å². The van der Waals surface area contributed by atoms with Gasteiger partial charge in [-0.15, -0.1) is 5.10 Å². The predicted octanol–water partition coefficient (Wildman–Crippen LogP) is 1.14. The van der Waals surface area contributed by atoms with Gasteiger partial charge >= 0.3 is 0 Å². The van der Waals surface area contributed by atoms with Crippen LogP contribution in [-0.2, 0) is 11.3 Å². The molecule has 31 heavy (non-hydrogen) atoms. The van der Waals surface area contributed by atoms with Gasteiger partial charge in [0.2, 0.25) is 11.6 Å². The molecule has 1 fully saturated rings. The molecule has 3 heterocycles. The zero-order chi connectivity index (χ0) is 21.8. The molecule has 0 saturated carbocycles. The number of hydrogen-bond acceptors (Lipinski definition) is 10. The van der Waals surface area contributed by atoms with E-state index in [9.17, 15) is 4.79 Å². The molecule has 1 aliphatic rings. The number of nitrogens with one attached hydrogen (secondary N) is 1. The molecule has 0 radical (unpaired) electrons. The van der Waals surface area contributed by atoms with Crippen molar-refractivity contribution in [3.63, 3.8) is 0 Å². The minimum atomic E-state index is -0.563. The zero-order valence-corrected chi connectivity index (χ0v) is 17.5. The van der Waals surface area contributed by atoms with Crippen molar-refractivity contribution in [2.75, 3.05) is 32.0 Å². The lowest BCUT2D eigenvalue weighted by atomic mass is 10.2. The van der Waals surface area contributed by atoms with Gasteiger partial charge in [-0.2, -0.15) is 9.78 Å². The summed E-state index contributed by atoms with van der Waals surface area (Å²) in [6, 6.07) is 4.96. The second-order valence-electron chi connectivity index (χ2n) is 6.53. The Kier molecular flexibility index (Phi) is 6.42. The number of nitrogen functional groups attached to an aromatic ring is 1. The van der Waals surface area contributed by atoms with Crippen LogP contribution < -0.4 is 11.2 Å². The van der Waals surface area contributed by atoms with Gasteiger partial charge < -0.3 is 10.5 Å². The molecule has 1 aromatic carbocycles. The molecule has 4 rings (SSSR count). The molecule has 3 aromatic rings. The Labute approximate surface area is 185 Å². The number of nitrogens with zero attached hydrogens (tertiary/aromatic N) is 7. The summed E-state index contributed by atoms with van der Waals surface area (Å²) < 4.78 is 11.2. The molecule has 0 unspecified atom stereocenters. The Balaban J connectivity index is 1.58. The van der Waals surface area contributed by atoms with Gasteiger partial charge in [0.15, 0.2) is 5.69 Å². The summed E-state index contributed by atoms with van der Waals surface area (Å²) in [4.78, 5) is 15.1. The van der Waals surface area contributed by atoms with Gasteiger partial charge in [0, 0.05) is 19.6 Å². The van der Waals surface area contributed by atoms with E-state index in [4.69, 9.17) is 33.7 Å². The maximum atomic E-state index is 13.0. The summed E-state index contributed by atoms with van der Waals surface area (Å²) in [5, 5.41) is 20.2. The molecule has 12 nitrogen and oxygen atoms in total. The van der Waals surface area contributed by atoms with Gasteiger partial charge in [-0.05, 0) is 28.0 Å². The first-order valence-electron chi connectivity index (χ1n) is 9.14. The lowest BCUT2D eigenvalue weighted by Gasteiger charge is -2.25. The van der Waals surface area contributed by atoms with Gasteiger partial charge in [0.05, 0.1) is 29.5 Å². The number of carbonyl (C=O) groups excluding carboxylic acids is 1. The number of morpholine rings is 1. The van der Waals surface area contributed by atoms with E-state index >= 15 is 0 Å². The molecular formula is C17H17Cl2N9O3. The highest BCUT2D eigenvalue weighted by Crippen LogP contribution is 2.22. The van der Waals surface area contributed by atoms with E-state index in [-0.39, 0.29) is 17.3 Å². The molecule has 162 valence electrons. The van der Waals surface area contributed by atoms with E-state index in [2.05, 4.69) is 40.7 Å². The fourth-order valence-corrected chi connectivity index (χ4v) is 3.22. The molecule has 3 N–H and O–H groups in total. The molecule has 14 heteroatoms. The number of nitrogens with two attached hydrogens (primary N) is 1. The zero-order valence-electron chi connectivity index (χ0n) is 16.0. The van der Waals surface area contributed by atoms with E-state index in [1.54, 1.807) is 18.2 Å². The van der Waals surface area contributed by atoms with Crippen molar-refractivity contribution in [3.05, 3.63) is 45.2 Å². The second kappa shape index (κ2) is 9.39. The highest BCUT2D eigenvalue weighted by Gasteiger charge is 2.26. The summed E-state index contributed by atoms with van der Waals surface area (Å²) >= 11 is 11.9. The van der Waals surface area contributed by atoms with Crippen molar-refractivity contribution < 1.29 is 14.2 Å². The van der Waals surface area contributed by atoms with Crippen molar-refractivity contribution in [2.24, 2.45) is 5.10 Å². The Morgan fingerprint density at radius 1 is 1.26 bits per heavy atom. The number of ether oxygens (including phenoxy) is 1. The van der Waals surface area contributed by atoms with Crippen molar-refractivity contribution in [3.8, 4) is 5.82 Å². The van der Waals surface area contributed by atoms with E-state index in [0.29, 0.717) is 54.2 Å². The topological polar surface area (TPSA) is 150 Å².